The molecule has 7 heteroatoms. The number of amides is 1. The number of benzene rings is 1. The summed E-state index contributed by atoms with van der Waals surface area (Å²) in [5, 5.41) is 2.70. The van der Waals surface area contributed by atoms with Crippen LogP contribution in [0.4, 0.5) is 8.78 Å². The van der Waals surface area contributed by atoms with Crippen LogP contribution in [-0.2, 0) is 14.3 Å². The zero-order valence-corrected chi connectivity index (χ0v) is 13.6. The van der Waals surface area contributed by atoms with Crippen molar-refractivity contribution in [1.29, 1.82) is 0 Å². The highest BCUT2D eigenvalue weighted by Crippen LogP contribution is 2.20. The molecule has 1 N–H and O–H groups in total. The molecule has 0 heterocycles. The summed E-state index contributed by atoms with van der Waals surface area (Å²) in [4.78, 5) is 24.5. The molecule has 5 nitrogen and oxygen atoms in total. The molecule has 0 aliphatic rings. The molecule has 0 spiro atoms. The van der Waals surface area contributed by atoms with Gasteiger partial charge in [0.25, 0.3) is 0 Å². The van der Waals surface area contributed by atoms with Gasteiger partial charge in [0.05, 0.1) is 13.7 Å². The molecule has 1 aromatic carbocycles. The molecule has 1 amide bonds. The number of carbonyl (C=O) groups excluding carboxylic acids is 2. The Morgan fingerprint density at radius 3 is 2.61 bits per heavy atom. The molecule has 128 valence electrons. The third-order valence-corrected chi connectivity index (χ3v) is 3.59. The number of hydrogen-bond acceptors (Lipinski definition) is 4. The fraction of sp³-hybridized carbons (Fsp3) is 0.500. The molecule has 0 fully saturated rings. The first-order valence-corrected chi connectivity index (χ1v) is 7.33. The number of ether oxygens (including phenoxy) is 1. The minimum atomic E-state index is -0.907. The van der Waals surface area contributed by atoms with Gasteiger partial charge in [-0.3, -0.25) is 14.5 Å². The molecule has 1 unspecified atom stereocenters. The van der Waals surface area contributed by atoms with E-state index >= 15 is 0 Å². The first kappa shape index (κ1) is 19.0. The van der Waals surface area contributed by atoms with Crippen LogP contribution in [0, 0.1) is 11.6 Å². The second kappa shape index (κ2) is 9.19. The quantitative estimate of drug-likeness (QED) is 0.586. The molecule has 0 saturated heterocycles. The summed E-state index contributed by atoms with van der Waals surface area (Å²) in [6.45, 7) is 2.29. The van der Waals surface area contributed by atoms with Crippen molar-refractivity contribution in [2.24, 2.45) is 0 Å². The van der Waals surface area contributed by atoms with E-state index in [0.29, 0.717) is 18.5 Å². The number of nitrogens with zero attached hydrogens (tertiary/aromatic N) is 1. The topological polar surface area (TPSA) is 58.6 Å². The lowest BCUT2D eigenvalue weighted by atomic mass is 10.1. The number of rotatable bonds is 8. The van der Waals surface area contributed by atoms with Gasteiger partial charge in [-0.2, -0.15) is 0 Å². The lowest BCUT2D eigenvalue weighted by molar-refractivity contribution is -0.140. The Kier molecular flexibility index (Phi) is 7.61. The maximum absolute atomic E-state index is 13.3. The van der Waals surface area contributed by atoms with E-state index in [2.05, 4.69) is 10.1 Å². The van der Waals surface area contributed by atoms with Gasteiger partial charge in [-0.1, -0.05) is 6.07 Å². The Bertz CT molecular complexity index is 552. The third kappa shape index (κ3) is 6.32. The maximum atomic E-state index is 13.3. The Morgan fingerprint density at radius 2 is 2.00 bits per heavy atom. The van der Waals surface area contributed by atoms with Gasteiger partial charge in [-0.25, -0.2) is 8.78 Å². The zero-order valence-electron chi connectivity index (χ0n) is 13.6. The summed E-state index contributed by atoms with van der Waals surface area (Å²) in [6, 6.07) is 3.45. The summed E-state index contributed by atoms with van der Waals surface area (Å²) in [7, 11) is 3.04. The number of esters is 1. The minimum Gasteiger partial charge on any atom is -0.469 e. The van der Waals surface area contributed by atoms with E-state index in [1.807, 2.05) is 0 Å². The first-order chi connectivity index (χ1) is 10.8. The number of hydrogen-bond donors (Lipinski definition) is 1. The summed E-state index contributed by atoms with van der Waals surface area (Å²) in [5.41, 5.74) is 0.588. The van der Waals surface area contributed by atoms with E-state index in [4.69, 9.17) is 0 Å². The maximum Gasteiger partial charge on any atom is 0.305 e. The molecule has 23 heavy (non-hydrogen) atoms. The van der Waals surface area contributed by atoms with Crippen LogP contribution in [0.3, 0.4) is 0 Å². The van der Waals surface area contributed by atoms with Gasteiger partial charge in [0.1, 0.15) is 0 Å². The van der Waals surface area contributed by atoms with Crippen LogP contribution >= 0.6 is 0 Å². The van der Waals surface area contributed by atoms with E-state index in [0.717, 1.165) is 12.1 Å². The highest BCUT2D eigenvalue weighted by molar-refractivity contribution is 5.78. The van der Waals surface area contributed by atoms with Gasteiger partial charge < -0.3 is 10.1 Å². The van der Waals surface area contributed by atoms with Crippen molar-refractivity contribution in [3.8, 4) is 0 Å². The number of likely N-dealkylation sites (N-methyl/N-ethyl adjacent to an activating group) is 1. The number of methoxy groups -OCH3 is 1. The molecular weight excluding hydrogens is 306 g/mol. The van der Waals surface area contributed by atoms with Crippen molar-refractivity contribution >= 4 is 11.9 Å². The standard InChI is InChI=1S/C16H22F2N2O3/c1-11(12-6-7-13(17)14(18)9-12)20(2)10-15(21)19-8-4-5-16(22)23-3/h6-7,9,11H,4-5,8,10H2,1-3H3,(H,19,21). The van der Waals surface area contributed by atoms with Crippen LogP contribution in [0.15, 0.2) is 18.2 Å². The van der Waals surface area contributed by atoms with E-state index in [9.17, 15) is 18.4 Å². The highest BCUT2D eigenvalue weighted by Gasteiger charge is 2.16. The molecule has 0 aliphatic heterocycles. The van der Waals surface area contributed by atoms with Gasteiger partial charge in [-0.05, 0) is 38.1 Å². The molecule has 0 aromatic heterocycles. The van der Waals surface area contributed by atoms with Crippen molar-refractivity contribution in [1.82, 2.24) is 10.2 Å². The Balaban J connectivity index is 2.41. The van der Waals surface area contributed by atoms with Crippen LogP contribution in [0.5, 0.6) is 0 Å². The molecule has 0 bridgehead atoms. The normalized spacial score (nSPS) is 12.1. The molecule has 1 atom stereocenters. The van der Waals surface area contributed by atoms with E-state index in [1.54, 1.807) is 18.9 Å². The molecule has 0 radical (unpaired) electrons. The van der Waals surface area contributed by atoms with Gasteiger partial charge in [0.2, 0.25) is 5.91 Å². The predicted octanol–water partition coefficient (Wildman–Crippen LogP) is 2.03. The number of nitrogens with one attached hydrogen (secondary N) is 1. The largest absolute Gasteiger partial charge is 0.469 e. The van der Waals surface area contributed by atoms with E-state index < -0.39 is 11.6 Å². The van der Waals surface area contributed by atoms with Crippen LogP contribution < -0.4 is 5.32 Å². The average molecular weight is 328 g/mol. The van der Waals surface area contributed by atoms with E-state index in [1.165, 1.54) is 13.2 Å². The SMILES string of the molecule is COC(=O)CCCNC(=O)CN(C)C(C)c1ccc(F)c(F)c1. The average Bonchev–Trinajstić information content (AvgIpc) is 2.53. The second-order valence-electron chi connectivity index (χ2n) is 5.29. The molecule has 1 rings (SSSR count). The highest BCUT2D eigenvalue weighted by atomic mass is 19.2. The molecule has 0 saturated carbocycles. The third-order valence-electron chi connectivity index (χ3n) is 3.59. The van der Waals surface area contributed by atoms with Gasteiger partial charge in [0.15, 0.2) is 11.6 Å². The molecular formula is C16H22F2N2O3. The van der Waals surface area contributed by atoms with Crippen molar-refractivity contribution in [2.45, 2.75) is 25.8 Å². The Morgan fingerprint density at radius 1 is 1.30 bits per heavy atom. The summed E-state index contributed by atoms with van der Waals surface area (Å²) >= 11 is 0. The monoisotopic (exact) mass is 328 g/mol. The second-order valence-corrected chi connectivity index (χ2v) is 5.29. The lowest BCUT2D eigenvalue weighted by Crippen LogP contribution is -2.37. The Hall–Kier alpha value is -2.02. The zero-order chi connectivity index (χ0) is 17.4. The summed E-state index contributed by atoms with van der Waals surface area (Å²) in [6.07, 6.45) is 0.749. The van der Waals surface area contributed by atoms with Crippen LogP contribution in [0.25, 0.3) is 0 Å². The fourth-order valence-corrected chi connectivity index (χ4v) is 2.01. The smallest absolute Gasteiger partial charge is 0.305 e. The molecule has 1 aromatic rings. The van der Waals surface area contributed by atoms with Crippen LogP contribution in [-0.4, -0.2) is 44.0 Å². The van der Waals surface area contributed by atoms with Crippen molar-refractivity contribution in [3.05, 3.63) is 35.4 Å². The first-order valence-electron chi connectivity index (χ1n) is 7.33. The van der Waals surface area contributed by atoms with Gasteiger partial charge in [0, 0.05) is 19.0 Å². The Labute approximate surface area is 134 Å². The van der Waals surface area contributed by atoms with Crippen molar-refractivity contribution in [3.63, 3.8) is 0 Å². The summed E-state index contributed by atoms with van der Waals surface area (Å²) < 4.78 is 30.7. The predicted molar refractivity (Wildman–Crippen MR) is 81.7 cm³/mol. The lowest BCUT2D eigenvalue weighted by Gasteiger charge is -2.24. The number of halogens is 2. The molecule has 0 aliphatic carbocycles. The van der Waals surface area contributed by atoms with Crippen LogP contribution in [0.1, 0.15) is 31.4 Å². The summed E-state index contributed by atoms with van der Waals surface area (Å²) in [5.74, 6) is -2.32. The number of carbonyl (C=O) groups is 2. The van der Waals surface area contributed by atoms with Gasteiger partial charge in [-0.15, -0.1) is 0 Å². The van der Waals surface area contributed by atoms with E-state index in [-0.39, 0.29) is 30.9 Å². The van der Waals surface area contributed by atoms with Crippen LogP contribution in [0.2, 0.25) is 0 Å². The van der Waals surface area contributed by atoms with Crippen molar-refractivity contribution < 1.29 is 23.1 Å². The van der Waals surface area contributed by atoms with Gasteiger partial charge >= 0.3 is 5.97 Å². The van der Waals surface area contributed by atoms with Crippen molar-refractivity contribution in [2.75, 3.05) is 27.2 Å². The fourth-order valence-electron chi connectivity index (χ4n) is 2.01. The minimum absolute atomic E-state index is 0.110.